The molecule has 0 spiro atoms. The van der Waals surface area contributed by atoms with Gasteiger partial charge in [-0.3, -0.25) is 4.98 Å². The molecule has 4 heterocycles. The number of hydrogen-bond acceptors (Lipinski definition) is 4. The molecule has 297 valence electrons. The molecular formula is C53H53IrN3O-2. The molecule has 0 bridgehead atoms. The van der Waals surface area contributed by atoms with E-state index in [0.29, 0.717) is 28.0 Å². The first kappa shape index (κ1) is 33.7. The Morgan fingerprint density at radius 1 is 0.586 bits per heavy atom. The van der Waals surface area contributed by atoms with Crippen molar-refractivity contribution in [2.45, 2.75) is 92.3 Å². The number of aromatic nitrogens is 3. The van der Waals surface area contributed by atoms with E-state index in [9.17, 15) is 0 Å². The molecule has 0 aliphatic carbocycles. The van der Waals surface area contributed by atoms with Crippen LogP contribution in [0, 0.1) is 25.8 Å². The molecule has 1 radical (unpaired) electrons. The second-order valence-electron chi connectivity index (χ2n) is 17.6. The summed E-state index contributed by atoms with van der Waals surface area (Å²) in [5.74, 6) is 0. The van der Waals surface area contributed by atoms with Crippen LogP contribution in [0.25, 0.3) is 66.8 Å². The zero-order chi connectivity index (χ0) is 46.6. The quantitative estimate of drug-likeness (QED) is 0.165. The predicted octanol–water partition coefficient (Wildman–Crippen LogP) is 14.2. The standard InChI is InChI=1S/C42H45N2O.C11H8N.Ir/c1-25-17-28(40(3,4)5)15-16-31(25)34-21-37(43-23-26(34)2)33-14-12-13-32-35-24-44-36(22-38(35)45-39(32)33)27-18-29(41(6,7)8)20-30(19-27)42(9,10)11;1-2-6-10(7-3-1)11-8-4-5-9-12-11;/h12-13,15-24H,1-11H3;1-6,8-9H;/q2*-1;/i1D3,2D3,16D;;. The first-order valence-electron chi connectivity index (χ1n) is 22.7. The van der Waals surface area contributed by atoms with Crippen molar-refractivity contribution in [2.24, 2.45) is 0 Å². The Labute approximate surface area is 368 Å². The van der Waals surface area contributed by atoms with Crippen molar-refractivity contribution in [1.29, 1.82) is 0 Å². The van der Waals surface area contributed by atoms with Gasteiger partial charge in [0.1, 0.15) is 5.58 Å². The van der Waals surface area contributed by atoms with Crippen LogP contribution in [-0.4, -0.2) is 15.0 Å². The van der Waals surface area contributed by atoms with Crippen LogP contribution in [0.15, 0.2) is 126 Å². The van der Waals surface area contributed by atoms with Gasteiger partial charge in [-0.05, 0) is 98.5 Å². The third-order valence-electron chi connectivity index (χ3n) is 10.2. The molecule has 4 aromatic heterocycles. The van der Waals surface area contributed by atoms with E-state index in [0.717, 1.165) is 33.3 Å². The number of furan rings is 1. The Morgan fingerprint density at radius 3 is 1.93 bits per heavy atom. The van der Waals surface area contributed by atoms with Crippen LogP contribution in [0.4, 0.5) is 0 Å². The van der Waals surface area contributed by atoms with E-state index in [1.54, 1.807) is 30.5 Å². The van der Waals surface area contributed by atoms with Gasteiger partial charge >= 0.3 is 0 Å². The van der Waals surface area contributed by atoms with Crippen LogP contribution in [0.2, 0.25) is 0 Å². The van der Waals surface area contributed by atoms with Crippen molar-refractivity contribution >= 4 is 21.9 Å². The topological polar surface area (TPSA) is 51.8 Å². The minimum atomic E-state index is -2.63. The molecule has 58 heavy (non-hydrogen) atoms. The SMILES string of the molecule is [2H]c1cc(C(C)(C)C)cc(C([2H])([2H])[2H])c1-c1cc(-c2[c-]ccc3c2oc2cc(-c4cc(C(C)(C)C)cc(C(C)(C)C)c4)ncc23)ncc1C([2H])([2H])[2H].[Ir].[c-]1ccccc1-c1ccccn1. The number of nitrogens with zero attached hydrogens (tertiary/aromatic N) is 3. The summed E-state index contributed by atoms with van der Waals surface area (Å²) in [6.45, 7) is 13.8. The molecule has 4 nitrogen and oxygen atoms in total. The van der Waals surface area contributed by atoms with Gasteiger partial charge in [0.25, 0.3) is 0 Å². The Balaban J connectivity index is 0.000000463. The first-order valence-corrected chi connectivity index (χ1v) is 19.2. The zero-order valence-electron chi connectivity index (χ0n) is 41.6. The van der Waals surface area contributed by atoms with Gasteiger partial charge in [0.05, 0.1) is 12.6 Å². The van der Waals surface area contributed by atoms with E-state index in [2.05, 4.69) is 81.8 Å². The molecule has 8 aromatic rings. The second-order valence-corrected chi connectivity index (χ2v) is 17.6. The monoisotopic (exact) mass is 947 g/mol. The molecule has 0 fully saturated rings. The van der Waals surface area contributed by atoms with E-state index in [1.165, 1.54) is 17.3 Å². The Morgan fingerprint density at radius 2 is 1.29 bits per heavy atom. The number of rotatable bonds is 4. The molecule has 0 saturated heterocycles. The van der Waals surface area contributed by atoms with Crippen molar-refractivity contribution in [3.05, 3.63) is 162 Å². The molecule has 0 aliphatic heterocycles. The van der Waals surface area contributed by atoms with Crippen LogP contribution >= 0.6 is 0 Å². The van der Waals surface area contributed by atoms with Gasteiger partial charge in [-0.2, -0.15) is 0 Å². The average molecular weight is 947 g/mol. The van der Waals surface area contributed by atoms with Crippen molar-refractivity contribution in [3.63, 3.8) is 0 Å². The van der Waals surface area contributed by atoms with E-state index in [-0.39, 0.29) is 59.2 Å². The summed E-state index contributed by atoms with van der Waals surface area (Å²) < 4.78 is 65.8. The minimum absolute atomic E-state index is 0. The number of hydrogen-bond donors (Lipinski definition) is 0. The van der Waals surface area contributed by atoms with Gasteiger partial charge in [0.2, 0.25) is 0 Å². The van der Waals surface area contributed by atoms with E-state index < -0.39 is 19.1 Å². The molecule has 0 amide bonds. The molecule has 5 heteroatoms. The maximum atomic E-state index is 9.03. The summed E-state index contributed by atoms with van der Waals surface area (Å²) in [6.07, 6.45) is 4.85. The van der Waals surface area contributed by atoms with E-state index >= 15 is 0 Å². The fourth-order valence-electron chi connectivity index (χ4n) is 6.65. The number of pyridine rings is 3. The fraction of sp³-hybridized carbons (Fsp3) is 0.264. The van der Waals surface area contributed by atoms with Gasteiger partial charge in [0, 0.05) is 63.9 Å². The third kappa shape index (κ3) is 9.07. The summed E-state index contributed by atoms with van der Waals surface area (Å²) in [4.78, 5) is 13.7. The van der Waals surface area contributed by atoms with Crippen LogP contribution < -0.4 is 0 Å². The summed E-state index contributed by atoms with van der Waals surface area (Å²) in [5.41, 5.74) is 8.16. The van der Waals surface area contributed by atoms with Crippen LogP contribution in [0.1, 0.15) is 99.7 Å². The smallest absolute Gasteiger partial charge is 0.124 e. The predicted molar refractivity (Wildman–Crippen MR) is 239 cm³/mol. The van der Waals surface area contributed by atoms with E-state index in [1.807, 2.05) is 81.6 Å². The molecule has 0 N–H and O–H groups in total. The van der Waals surface area contributed by atoms with Crippen LogP contribution in [-0.2, 0) is 36.4 Å². The molecule has 0 saturated carbocycles. The summed E-state index contributed by atoms with van der Waals surface area (Å²) in [6, 6.07) is 36.9. The fourth-order valence-corrected chi connectivity index (χ4v) is 6.65. The van der Waals surface area contributed by atoms with Crippen molar-refractivity contribution in [3.8, 4) is 44.9 Å². The van der Waals surface area contributed by atoms with Gasteiger partial charge in [-0.1, -0.05) is 116 Å². The summed E-state index contributed by atoms with van der Waals surface area (Å²) in [5, 5.41) is 1.58. The molecule has 0 aliphatic rings. The number of fused-ring (bicyclic) bond motifs is 3. The maximum absolute atomic E-state index is 9.03. The number of benzene rings is 4. The van der Waals surface area contributed by atoms with Gasteiger partial charge in [0.15, 0.2) is 0 Å². The normalized spacial score (nSPS) is 14.1. The Bertz CT molecular complexity index is 2910. The maximum Gasteiger partial charge on any atom is 0.124 e. The van der Waals surface area contributed by atoms with E-state index in [4.69, 9.17) is 19.0 Å². The molecule has 8 rings (SSSR count). The van der Waals surface area contributed by atoms with Crippen molar-refractivity contribution in [2.75, 3.05) is 0 Å². The third-order valence-corrected chi connectivity index (χ3v) is 10.2. The molecule has 0 atom stereocenters. The average Bonchev–Trinajstić information content (AvgIpc) is 3.60. The second kappa shape index (κ2) is 16.6. The summed E-state index contributed by atoms with van der Waals surface area (Å²) >= 11 is 0. The Hall–Kier alpha value is -5.22. The number of aryl methyl sites for hydroxylation is 2. The summed E-state index contributed by atoms with van der Waals surface area (Å²) in [7, 11) is 0. The van der Waals surface area contributed by atoms with Gasteiger partial charge in [-0.15, -0.1) is 54.1 Å². The van der Waals surface area contributed by atoms with Crippen molar-refractivity contribution < 1.29 is 34.1 Å². The van der Waals surface area contributed by atoms with Crippen LogP contribution in [0.5, 0.6) is 0 Å². The van der Waals surface area contributed by atoms with Crippen LogP contribution in [0.3, 0.4) is 0 Å². The Kier molecular flexibility index (Phi) is 9.63. The van der Waals surface area contributed by atoms with Gasteiger partial charge in [-0.25, -0.2) is 0 Å². The minimum Gasteiger partial charge on any atom is -0.500 e. The zero-order valence-corrected chi connectivity index (χ0v) is 36.9. The molecular weight excluding hydrogens is 887 g/mol. The van der Waals surface area contributed by atoms with Gasteiger partial charge < -0.3 is 14.4 Å². The largest absolute Gasteiger partial charge is 0.500 e. The van der Waals surface area contributed by atoms with Crippen molar-refractivity contribution in [1.82, 2.24) is 15.0 Å². The molecule has 4 aromatic carbocycles. The first-order chi connectivity index (χ1) is 29.8. The molecule has 0 unspecified atom stereocenters.